The summed E-state index contributed by atoms with van der Waals surface area (Å²) in [7, 11) is -3.25. The molecule has 0 aliphatic carbocycles. The van der Waals surface area contributed by atoms with Crippen LogP contribution in [0.3, 0.4) is 0 Å². The van der Waals surface area contributed by atoms with Crippen molar-refractivity contribution in [1.29, 1.82) is 0 Å². The monoisotopic (exact) mass is 412 g/mol. The zero-order valence-corrected chi connectivity index (χ0v) is 16.3. The lowest BCUT2D eigenvalue weighted by Gasteiger charge is -2.14. The zero-order valence-electron chi connectivity index (χ0n) is 15.5. The van der Waals surface area contributed by atoms with Gasteiger partial charge in [-0.2, -0.15) is 4.98 Å². The first-order valence-electron chi connectivity index (χ1n) is 9.49. The van der Waals surface area contributed by atoms with Crippen molar-refractivity contribution in [3.63, 3.8) is 0 Å². The highest BCUT2D eigenvalue weighted by Crippen LogP contribution is 2.30. The molecule has 150 valence electrons. The molecule has 0 unspecified atom stereocenters. The van der Waals surface area contributed by atoms with E-state index in [1.165, 1.54) is 0 Å². The molecule has 0 amide bonds. The van der Waals surface area contributed by atoms with Crippen molar-refractivity contribution >= 4 is 38.2 Å². The van der Waals surface area contributed by atoms with Crippen LogP contribution in [-0.4, -0.2) is 48.3 Å². The van der Waals surface area contributed by atoms with Crippen LogP contribution in [0.15, 0.2) is 40.2 Å². The highest BCUT2D eigenvalue weighted by atomic mass is 32.2. The van der Waals surface area contributed by atoms with Gasteiger partial charge in [0.25, 0.3) is 5.56 Å². The molecule has 2 aliphatic rings. The van der Waals surface area contributed by atoms with Gasteiger partial charge in [0.05, 0.1) is 16.2 Å². The van der Waals surface area contributed by atoms with Crippen LogP contribution in [0.5, 0.6) is 0 Å². The zero-order chi connectivity index (χ0) is 20.0. The normalized spacial score (nSPS) is 19.9. The number of aromatic amines is 1. The fourth-order valence-electron chi connectivity index (χ4n) is 3.83. The summed E-state index contributed by atoms with van der Waals surface area (Å²) in [6, 6.07) is 7.15. The van der Waals surface area contributed by atoms with Gasteiger partial charge in [0.2, 0.25) is 5.95 Å². The number of benzene rings is 1. The third-order valence-corrected chi connectivity index (χ3v) is 7.11. The number of hydrogen-bond acceptors (Lipinski definition) is 8. The van der Waals surface area contributed by atoms with Crippen LogP contribution in [0.2, 0.25) is 0 Å². The van der Waals surface area contributed by atoms with E-state index < -0.39 is 9.84 Å². The topological polar surface area (TPSA) is 129 Å². The van der Waals surface area contributed by atoms with E-state index in [0.717, 1.165) is 25.1 Å². The lowest BCUT2D eigenvalue weighted by Crippen LogP contribution is -2.24. The Morgan fingerprint density at radius 2 is 2.07 bits per heavy atom. The predicted octanol–water partition coefficient (Wildman–Crippen LogP) is 1.17. The van der Waals surface area contributed by atoms with Gasteiger partial charge in [-0.15, -0.1) is 0 Å². The number of pyridine rings is 1. The molecule has 0 spiro atoms. The van der Waals surface area contributed by atoms with E-state index in [0.29, 0.717) is 39.7 Å². The standard InChI is InChI=1S/C19H20N6O3S/c26-18-16-14(4-7-21-18)24-19(23-13-3-6-20-10-13)25-17(16)22-12-2-1-11-5-8-29(27,28)15(11)9-12/h1-2,4,7,9,13,20H,3,5-6,8,10H2,(H,21,26)(H2,22,23,24,25)/t13-/m1/s1. The molecule has 1 fully saturated rings. The molecule has 2 aliphatic heterocycles. The largest absolute Gasteiger partial charge is 0.350 e. The lowest BCUT2D eigenvalue weighted by atomic mass is 10.1. The maximum atomic E-state index is 12.4. The molecule has 0 bridgehead atoms. The molecule has 1 atom stereocenters. The molecule has 0 radical (unpaired) electrons. The summed E-state index contributed by atoms with van der Waals surface area (Å²) in [5, 5.41) is 10.0. The van der Waals surface area contributed by atoms with Gasteiger partial charge < -0.3 is 20.9 Å². The number of sulfone groups is 1. The molecular weight excluding hydrogens is 392 g/mol. The molecule has 4 heterocycles. The molecule has 0 saturated carbocycles. The van der Waals surface area contributed by atoms with E-state index in [4.69, 9.17) is 0 Å². The quantitative estimate of drug-likeness (QED) is 0.503. The smallest absolute Gasteiger partial charge is 0.261 e. The van der Waals surface area contributed by atoms with Crippen LogP contribution in [0, 0.1) is 0 Å². The van der Waals surface area contributed by atoms with E-state index in [9.17, 15) is 13.2 Å². The Kier molecular flexibility index (Phi) is 4.25. The van der Waals surface area contributed by atoms with Gasteiger partial charge >= 0.3 is 0 Å². The van der Waals surface area contributed by atoms with Gasteiger partial charge in [-0.25, -0.2) is 13.4 Å². The molecule has 4 N–H and O–H groups in total. The molecule has 1 aromatic carbocycles. The van der Waals surface area contributed by atoms with Crippen molar-refractivity contribution in [3.05, 3.63) is 46.4 Å². The molecule has 5 rings (SSSR count). The van der Waals surface area contributed by atoms with Crippen LogP contribution >= 0.6 is 0 Å². The number of hydrogen-bond donors (Lipinski definition) is 4. The molecular formula is C19H20N6O3S. The second kappa shape index (κ2) is 6.82. The number of nitrogens with one attached hydrogen (secondary N) is 4. The van der Waals surface area contributed by atoms with E-state index in [2.05, 4.69) is 30.9 Å². The maximum Gasteiger partial charge on any atom is 0.261 e. The second-order valence-corrected chi connectivity index (χ2v) is 9.39. The van der Waals surface area contributed by atoms with Gasteiger partial charge in [-0.1, -0.05) is 6.07 Å². The van der Waals surface area contributed by atoms with Crippen molar-refractivity contribution in [2.75, 3.05) is 29.5 Å². The maximum absolute atomic E-state index is 12.4. The van der Waals surface area contributed by atoms with Crippen molar-refractivity contribution < 1.29 is 8.42 Å². The summed E-state index contributed by atoms with van der Waals surface area (Å²) < 4.78 is 24.5. The first-order chi connectivity index (χ1) is 14.0. The minimum Gasteiger partial charge on any atom is -0.350 e. The van der Waals surface area contributed by atoms with E-state index >= 15 is 0 Å². The number of rotatable bonds is 4. The number of aryl methyl sites for hydroxylation is 1. The van der Waals surface area contributed by atoms with Gasteiger partial charge in [0, 0.05) is 24.5 Å². The Labute approximate surface area is 166 Å². The van der Waals surface area contributed by atoms with Crippen LogP contribution in [0.25, 0.3) is 10.9 Å². The van der Waals surface area contributed by atoms with Crippen LogP contribution in [0.4, 0.5) is 17.5 Å². The fourth-order valence-corrected chi connectivity index (χ4v) is 5.41. The van der Waals surface area contributed by atoms with Gasteiger partial charge in [0.15, 0.2) is 9.84 Å². The number of aromatic nitrogens is 3. The van der Waals surface area contributed by atoms with Gasteiger partial charge in [0.1, 0.15) is 11.2 Å². The first-order valence-corrected chi connectivity index (χ1v) is 11.1. The summed E-state index contributed by atoms with van der Waals surface area (Å²) in [5.74, 6) is 0.888. The fraction of sp³-hybridized carbons (Fsp3) is 0.316. The lowest BCUT2D eigenvalue weighted by molar-refractivity contribution is 0.600. The Balaban J connectivity index is 1.57. The van der Waals surface area contributed by atoms with Gasteiger partial charge in [-0.05, 0) is 43.1 Å². The molecule has 29 heavy (non-hydrogen) atoms. The SMILES string of the molecule is O=c1[nH]ccc2nc(N[C@@H]3CCNC3)nc(Nc3ccc4c(c3)S(=O)(=O)CC4)c12. The van der Waals surface area contributed by atoms with Crippen LogP contribution < -0.4 is 21.5 Å². The Morgan fingerprint density at radius 1 is 1.17 bits per heavy atom. The average molecular weight is 412 g/mol. The molecule has 9 nitrogen and oxygen atoms in total. The number of anilines is 3. The summed E-state index contributed by atoms with van der Waals surface area (Å²) in [6.45, 7) is 1.75. The molecule has 2 aromatic heterocycles. The summed E-state index contributed by atoms with van der Waals surface area (Å²) in [5.41, 5.74) is 1.57. The number of fused-ring (bicyclic) bond motifs is 2. The van der Waals surface area contributed by atoms with E-state index in [1.54, 1.807) is 30.5 Å². The molecule has 1 saturated heterocycles. The van der Waals surface area contributed by atoms with Crippen molar-refractivity contribution in [1.82, 2.24) is 20.3 Å². The summed E-state index contributed by atoms with van der Waals surface area (Å²) in [4.78, 5) is 24.4. The molecule has 10 heteroatoms. The number of H-pyrrole nitrogens is 1. The van der Waals surface area contributed by atoms with Crippen molar-refractivity contribution in [2.45, 2.75) is 23.8 Å². The van der Waals surface area contributed by atoms with Crippen LogP contribution in [-0.2, 0) is 16.3 Å². The van der Waals surface area contributed by atoms with Gasteiger partial charge in [-0.3, -0.25) is 4.79 Å². The summed E-state index contributed by atoms with van der Waals surface area (Å²) >= 11 is 0. The average Bonchev–Trinajstić information content (AvgIpc) is 3.30. The number of nitrogens with zero attached hydrogens (tertiary/aromatic N) is 2. The highest BCUT2D eigenvalue weighted by molar-refractivity contribution is 7.91. The highest BCUT2D eigenvalue weighted by Gasteiger charge is 2.26. The van der Waals surface area contributed by atoms with E-state index in [-0.39, 0.29) is 17.4 Å². The third kappa shape index (κ3) is 3.34. The minimum absolute atomic E-state index is 0.130. The Bertz CT molecular complexity index is 1260. The predicted molar refractivity (Wildman–Crippen MR) is 111 cm³/mol. The third-order valence-electron chi connectivity index (χ3n) is 5.32. The van der Waals surface area contributed by atoms with Crippen molar-refractivity contribution in [2.24, 2.45) is 0 Å². The Morgan fingerprint density at radius 3 is 2.90 bits per heavy atom. The minimum atomic E-state index is -3.25. The Hall–Kier alpha value is -2.98. The molecule has 3 aromatic rings. The summed E-state index contributed by atoms with van der Waals surface area (Å²) in [6.07, 6.45) is 3.03. The van der Waals surface area contributed by atoms with Crippen molar-refractivity contribution in [3.8, 4) is 0 Å². The van der Waals surface area contributed by atoms with E-state index in [1.807, 2.05) is 0 Å². The second-order valence-electron chi connectivity index (χ2n) is 7.31. The first kappa shape index (κ1) is 18.1. The van der Waals surface area contributed by atoms with Crippen LogP contribution in [0.1, 0.15) is 12.0 Å².